The number of nitrogens with two attached hydrogens (primary N) is 1. The van der Waals surface area contributed by atoms with E-state index in [-0.39, 0.29) is 18.6 Å². The number of hydrogen-bond acceptors (Lipinski definition) is 4. The van der Waals surface area contributed by atoms with E-state index < -0.39 is 0 Å². The van der Waals surface area contributed by atoms with Gasteiger partial charge in [-0.15, -0.1) is 0 Å². The quantitative estimate of drug-likeness (QED) is 0.509. The molecule has 0 spiro atoms. The molecule has 5 nitrogen and oxygen atoms in total. The number of methoxy groups -OCH3 is 1. The van der Waals surface area contributed by atoms with E-state index in [1.807, 2.05) is 0 Å². The third-order valence-corrected chi connectivity index (χ3v) is 3.14. The lowest BCUT2D eigenvalue weighted by Gasteiger charge is -2.18. The number of ether oxygens (including phenoxy) is 1. The zero-order valence-corrected chi connectivity index (χ0v) is 11.7. The van der Waals surface area contributed by atoms with Gasteiger partial charge in [-0.1, -0.05) is 13.3 Å². The van der Waals surface area contributed by atoms with Crippen molar-refractivity contribution < 1.29 is 14.6 Å². The van der Waals surface area contributed by atoms with Gasteiger partial charge in [0, 0.05) is 20.1 Å². The van der Waals surface area contributed by atoms with E-state index in [2.05, 4.69) is 12.2 Å². The Labute approximate surface area is 110 Å². The number of hydrogen-bond donors (Lipinski definition) is 3. The summed E-state index contributed by atoms with van der Waals surface area (Å²) in [6, 6.07) is -0.0953. The first-order valence-corrected chi connectivity index (χ1v) is 6.77. The second kappa shape index (κ2) is 11.4. The molecule has 0 aliphatic heterocycles. The Balaban J connectivity index is 3.91. The Morgan fingerprint density at radius 2 is 2.11 bits per heavy atom. The van der Waals surface area contributed by atoms with Crippen LogP contribution in [0.2, 0.25) is 0 Å². The summed E-state index contributed by atoms with van der Waals surface area (Å²) in [6.07, 6.45) is 3.95. The number of amides is 1. The van der Waals surface area contributed by atoms with Gasteiger partial charge in [-0.25, -0.2) is 0 Å². The largest absolute Gasteiger partial charge is 0.396 e. The smallest absolute Gasteiger partial charge is 0.220 e. The second-order valence-corrected chi connectivity index (χ2v) is 4.62. The summed E-state index contributed by atoms with van der Waals surface area (Å²) in [4.78, 5) is 11.7. The first kappa shape index (κ1) is 17.4. The van der Waals surface area contributed by atoms with Gasteiger partial charge in [0.05, 0.1) is 12.6 Å². The normalized spacial score (nSPS) is 14.2. The van der Waals surface area contributed by atoms with Crippen molar-refractivity contribution in [2.75, 3.05) is 26.9 Å². The highest BCUT2D eigenvalue weighted by atomic mass is 16.5. The molecule has 5 heteroatoms. The van der Waals surface area contributed by atoms with E-state index in [1.54, 1.807) is 7.11 Å². The molecule has 0 aliphatic carbocycles. The van der Waals surface area contributed by atoms with Crippen molar-refractivity contribution in [3.05, 3.63) is 0 Å². The molecule has 2 unspecified atom stereocenters. The second-order valence-electron chi connectivity index (χ2n) is 4.62. The van der Waals surface area contributed by atoms with E-state index in [0.717, 1.165) is 19.3 Å². The Bertz CT molecular complexity index is 206. The molecular weight excluding hydrogens is 232 g/mol. The predicted octanol–water partition coefficient (Wildman–Crippen LogP) is 0.655. The van der Waals surface area contributed by atoms with Crippen LogP contribution < -0.4 is 11.1 Å². The molecule has 0 heterocycles. The summed E-state index contributed by atoms with van der Waals surface area (Å²) in [5.74, 6) is 0.556. The average molecular weight is 260 g/mol. The lowest BCUT2D eigenvalue weighted by atomic mass is 9.96. The van der Waals surface area contributed by atoms with Crippen molar-refractivity contribution in [3.63, 3.8) is 0 Å². The monoisotopic (exact) mass is 260 g/mol. The van der Waals surface area contributed by atoms with Crippen LogP contribution in [-0.4, -0.2) is 43.9 Å². The van der Waals surface area contributed by atoms with Crippen molar-refractivity contribution in [2.24, 2.45) is 11.7 Å². The van der Waals surface area contributed by atoms with Crippen LogP contribution in [0.15, 0.2) is 0 Å². The number of aliphatic hydroxyl groups excluding tert-OH is 1. The summed E-state index contributed by atoms with van der Waals surface area (Å²) in [7, 11) is 1.59. The summed E-state index contributed by atoms with van der Waals surface area (Å²) < 4.78 is 5.00. The summed E-state index contributed by atoms with van der Waals surface area (Å²) in [6.45, 7) is 3.29. The van der Waals surface area contributed by atoms with Crippen molar-refractivity contribution in [2.45, 2.75) is 45.1 Å². The number of rotatable bonds is 11. The maximum absolute atomic E-state index is 11.7. The van der Waals surface area contributed by atoms with E-state index >= 15 is 0 Å². The van der Waals surface area contributed by atoms with Crippen molar-refractivity contribution in [1.82, 2.24) is 5.32 Å². The van der Waals surface area contributed by atoms with Gasteiger partial charge in [-0.05, 0) is 31.7 Å². The molecule has 0 aromatic carbocycles. The molecule has 2 atom stereocenters. The Morgan fingerprint density at radius 3 is 2.61 bits per heavy atom. The molecule has 0 aromatic rings. The van der Waals surface area contributed by atoms with Crippen LogP contribution in [0.3, 0.4) is 0 Å². The first-order chi connectivity index (χ1) is 8.67. The number of carbonyl (C=O) groups excluding carboxylic acids is 1. The number of nitrogens with one attached hydrogen (secondary N) is 1. The zero-order chi connectivity index (χ0) is 13.8. The highest BCUT2D eigenvalue weighted by Crippen LogP contribution is 2.14. The fraction of sp³-hybridized carbons (Fsp3) is 0.923. The zero-order valence-electron chi connectivity index (χ0n) is 11.7. The molecule has 0 saturated carbocycles. The maximum Gasteiger partial charge on any atom is 0.220 e. The van der Waals surface area contributed by atoms with Gasteiger partial charge >= 0.3 is 0 Å². The average Bonchev–Trinajstić information content (AvgIpc) is 2.35. The van der Waals surface area contributed by atoms with Gasteiger partial charge in [0.1, 0.15) is 0 Å². The lowest BCUT2D eigenvalue weighted by molar-refractivity contribution is -0.122. The van der Waals surface area contributed by atoms with Gasteiger partial charge in [-0.3, -0.25) is 4.79 Å². The van der Waals surface area contributed by atoms with Gasteiger partial charge in [0.25, 0.3) is 0 Å². The topological polar surface area (TPSA) is 84.6 Å². The molecule has 108 valence electrons. The molecular formula is C13H28N2O3. The van der Waals surface area contributed by atoms with E-state index in [0.29, 0.717) is 31.9 Å². The van der Waals surface area contributed by atoms with E-state index in [4.69, 9.17) is 15.6 Å². The molecule has 0 aromatic heterocycles. The van der Waals surface area contributed by atoms with Crippen molar-refractivity contribution in [3.8, 4) is 0 Å². The van der Waals surface area contributed by atoms with Crippen LogP contribution in [0, 0.1) is 5.92 Å². The molecule has 0 radical (unpaired) electrons. The van der Waals surface area contributed by atoms with Crippen molar-refractivity contribution >= 4 is 5.91 Å². The standard InChI is InChI=1S/C13H28N2O3/c1-3-11(6-8-14)4-5-13(17)15-12(7-9-16)10-18-2/h11-12,16H,3-10,14H2,1-2H3,(H,15,17). The maximum atomic E-state index is 11.7. The summed E-state index contributed by atoms with van der Waals surface area (Å²) in [5.41, 5.74) is 5.53. The molecule has 0 rings (SSSR count). The molecule has 0 aliphatic rings. The Kier molecular flexibility index (Phi) is 11.0. The van der Waals surface area contributed by atoms with Gasteiger partial charge in [0.15, 0.2) is 0 Å². The third kappa shape index (κ3) is 8.44. The molecule has 0 bridgehead atoms. The van der Waals surface area contributed by atoms with Gasteiger partial charge in [-0.2, -0.15) is 0 Å². The molecule has 0 saturated heterocycles. The Hall–Kier alpha value is -0.650. The fourth-order valence-electron chi connectivity index (χ4n) is 1.98. The SMILES string of the molecule is CCC(CCN)CCC(=O)NC(CCO)COC. The highest BCUT2D eigenvalue weighted by molar-refractivity contribution is 5.76. The Morgan fingerprint density at radius 1 is 1.39 bits per heavy atom. The minimum Gasteiger partial charge on any atom is -0.396 e. The molecule has 18 heavy (non-hydrogen) atoms. The van der Waals surface area contributed by atoms with Crippen LogP contribution in [0.5, 0.6) is 0 Å². The molecule has 4 N–H and O–H groups in total. The van der Waals surface area contributed by atoms with Crippen LogP contribution in [0.25, 0.3) is 0 Å². The van der Waals surface area contributed by atoms with Crippen LogP contribution in [0.1, 0.15) is 39.0 Å². The minimum absolute atomic E-state index is 0.0287. The van der Waals surface area contributed by atoms with Crippen LogP contribution >= 0.6 is 0 Å². The number of carbonyl (C=O) groups is 1. The molecule has 0 fully saturated rings. The van der Waals surface area contributed by atoms with Gasteiger partial charge < -0.3 is 20.9 Å². The molecule has 1 amide bonds. The van der Waals surface area contributed by atoms with E-state index in [1.165, 1.54) is 0 Å². The fourth-order valence-corrected chi connectivity index (χ4v) is 1.98. The number of aliphatic hydroxyl groups is 1. The first-order valence-electron chi connectivity index (χ1n) is 6.77. The lowest BCUT2D eigenvalue weighted by Crippen LogP contribution is -2.38. The van der Waals surface area contributed by atoms with Gasteiger partial charge in [0.2, 0.25) is 5.91 Å². The predicted molar refractivity (Wildman–Crippen MR) is 72.2 cm³/mol. The highest BCUT2D eigenvalue weighted by Gasteiger charge is 2.13. The van der Waals surface area contributed by atoms with Crippen LogP contribution in [0.4, 0.5) is 0 Å². The van der Waals surface area contributed by atoms with Crippen LogP contribution in [-0.2, 0) is 9.53 Å². The minimum atomic E-state index is -0.0953. The van der Waals surface area contributed by atoms with E-state index in [9.17, 15) is 4.79 Å². The van der Waals surface area contributed by atoms with Crippen molar-refractivity contribution in [1.29, 1.82) is 0 Å². The summed E-state index contributed by atoms with van der Waals surface area (Å²) >= 11 is 0. The summed E-state index contributed by atoms with van der Waals surface area (Å²) in [5, 5.41) is 11.8. The third-order valence-electron chi connectivity index (χ3n) is 3.14.